The first-order valence-electron chi connectivity index (χ1n) is 8.82. The smallest absolute Gasteiger partial charge is 0.354 e. The van der Waals surface area contributed by atoms with Crippen LogP contribution in [0.15, 0.2) is 47.6 Å². The number of hydrogen-bond acceptors (Lipinski definition) is 6. The molecule has 1 amide bonds. The molecule has 2 aromatic carbocycles. The normalized spacial score (nSPS) is 15.8. The highest BCUT2D eigenvalue weighted by Crippen LogP contribution is 2.38. The van der Waals surface area contributed by atoms with Crippen molar-refractivity contribution in [3.05, 3.63) is 53.1 Å². The van der Waals surface area contributed by atoms with E-state index in [0.29, 0.717) is 41.0 Å². The molecule has 0 aromatic heterocycles. The zero-order valence-electron chi connectivity index (χ0n) is 14.9. The van der Waals surface area contributed by atoms with E-state index in [-0.39, 0.29) is 31.1 Å². The number of benzene rings is 2. The van der Waals surface area contributed by atoms with E-state index in [4.69, 9.17) is 25.8 Å². The molecule has 28 heavy (non-hydrogen) atoms. The first-order valence-corrected chi connectivity index (χ1v) is 9.20. The Morgan fingerprint density at radius 3 is 2.75 bits per heavy atom. The Morgan fingerprint density at radius 2 is 1.93 bits per heavy atom. The van der Waals surface area contributed by atoms with Crippen molar-refractivity contribution in [2.45, 2.75) is 19.4 Å². The average Bonchev–Trinajstić information content (AvgIpc) is 2.73. The van der Waals surface area contributed by atoms with Crippen LogP contribution in [0.25, 0.3) is 0 Å². The number of amides is 1. The van der Waals surface area contributed by atoms with Gasteiger partial charge in [0.15, 0.2) is 11.5 Å². The summed E-state index contributed by atoms with van der Waals surface area (Å²) in [4.78, 5) is 24.6. The van der Waals surface area contributed by atoms with Gasteiger partial charge in [-0.2, -0.15) is 5.10 Å². The maximum Gasteiger partial charge on any atom is 0.354 e. The van der Waals surface area contributed by atoms with E-state index in [9.17, 15) is 9.59 Å². The number of nitrogens with zero attached hydrogens (tertiary/aromatic N) is 2. The third-order valence-corrected chi connectivity index (χ3v) is 4.58. The highest BCUT2D eigenvalue weighted by molar-refractivity contribution is 6.38. The Bertz CT molecular complexity index is 945. The second-order valence-corrected chi connectivity index (χ2v) is 6.67. The molecular weight excluding hydrogens is 384 g/mol. The quantitative estimate of drug-likeness (QED) is 0.735. The molecule has 0 atom stereocenters. The molecule has 0 N–H and O–H groups in total. The van der Waals surface area contributed by atoms with Crippen LogP contribution in [0.1, 0.15) is 18.4 Å². The van der Waals surface area contributed by atoms with Crippen LogP contribution >= 0.6 is 11.6 Å². The van der Waals surface area contributed by atoms with Crippen molar-refractivity contribution in [1.29, 1.82) is 0 Å². The SMILES string of the molecule is O=C(OCc1cc(Cl)c2c(c1)OCCO2)C1=NN(c2ccccc2)C(=O)CC1. The summed E-state index contributed by atoms with van der Waals surface area (Å²) < 4.78 is 16.4. The van der Waals surface area contributed by atoms with Crippen molar-refractivity contribution in [3.63, 3.8) is 0 Å². The van der Waals surface area contributed by atoms with E-state index in [1.807, 2.05) is 6.07 Å². The van der Waals surface area contributed by atoms with Crippen molar-refractivity contribution in [3.8, 4) is 11.5 Å². The molecule has 0 aliphatic carbocycles. The van der Waals surface area contributed by atoms with Gasteiger partial charge in [-0.3, -0.25) is 4.79 Å². The number of hydrogen-bond donors (Lipinski definition) is 0. The van der Waals surface area contributed by atoms with Gasteiger partial charge in [-0.15, -0.1) is 0 Å². The Kier molecular flexibility index (Phi) is 5.16. The molecule has 2 aromatic rings. The van der Waals surface area contributed by atoms with E-state index in [0.717, 1.165) is 0 Å². The van der Waals surface area contributed by atoms with Crippen LogP contribution in [-0.4, -0.2) is 30.8 Å². The largest absolute Gasteiger partial charge is 0.486 e. The number of esters is 1. The van der Waals surface area contributed by atoms with Gasteiger partial charge in [0.1, 0.15) is 25.5 Å². The van der Waals surface area contributed by atoms with Crippen LogP contribution in [0, 0.1) is 0 Å². The van der Waals surface area contributed by atoms with E-state index in [2.05, 4.69) is 5.10 Å². The van der Waals surface area contributed by atoms with Crippen LogP contribution < -0.4 is 14.5 Å². The lowest BCUT2D eigenvalue weighted by Gasteiger charge is -2.23. The second-order valence-electron chi connectivity index (χ2n) is 6.27. The van der Waals surface area contributed by atoms with Crippen LogP contribution in [0.4, 0.5) is 5.69 Å². The van der Waals surface area contributed by atoms with Gasteiger partial charge in [-0.25, -0.2) is 9.80 Å². The standard InChI is InChI=1S/C20H17ClN2O5/c21-15-10-13(11-17-19(15)27-9-8-26-17)12-28-20(25)16-6-7-18(24)23(22-16)14-4-2-1-3-5-14/h1-5,10-11H,6-9,12H2. The monoisotopic (exact) mass is 400 g/mol. The molecule has 0 fully saturated rings. The number of rotatable bonds is 4. The summed E-state index contributed by atoms with van der Waals surface area (Å²) in [5.41, 5.74) is 1.48. The van der Waals surface area contributed by atoms with Gasteiger partial charge in [-0.05, 0) is 29.8 Å². The fourth-order valence-electron chi connectivity index (χ4n) is 2.95. The van der Waals surface area contributed by atoms with Crippen molar-refractivity contribution in [2.24, 2.45) is 5.10 Å². The highest BCUT2D eigenvalue weighted by atomic mass is 35.5. The third-order valence-electron chi connectivity index (χ3n) is 4.30. The average molecular weight is 401 g/mol. The van der Waals surface area contributed by atoms with Crippen molar-refractivity contribution < 1.29 is 23.8 Å². The number of para-hydroxylation sites is 1. The third kappa shape index (κ3) is 3.80. The molecular formula is C20H17ClN2O5. The van der Waals surface area contributed by atoms with Gasteiger partial charge in [0.25, 0.3) is 0 Å². The lowest BCUT2D eigenvalue weighted by molar-refractivity contribution is -0.137. The molecule has 0 saturated heterocycles. The Balaban J connectivity index is 1.46. The molecule has 0 unspecified atom stereocenters. The molecule has 144 valence electrons. The van der Waals surface area contributed by atoms with E-state index < -0.39 is 5.97 Å². The Hall–Kier alpha value is -3.06. The second kappa shape index (κ2) is 7.90. The Morgan fingerprint density at radius 1 is 1.14 bits per heavy atom. The van der Waals surface area contributed by atoms with Gasteiger partial charge >= 0.3 is 5.97 Å². The highest BCUT2D eigenvalue weighted by Gasteiger charge is 2.26. The molecule has 0 radical (unpaired) electrons. The minimum Gasteiger partial charge on any atom is -0.486 e. The number of carbonyl (C=O) groups is 2. The van der Waals surface area contributed by atoms with Gasteiger partial charge < -0.3 is 14.2 Å². The van der Waals surface area contributed by atoms with E-state index in [1.54, 1.807) is 36.4 Å². The molecule has 2 aliphatic rings. The van der Waals surface area contributed by atoms with Crippen LogP contribution in [0.2, 0.25) is 5.02 Å². The lowest BCUT2D eigenvalue weighted by atomic mass is 10.1. The zero-order chi connectivity index (χ0) is 19.5. The molecule has 8 heteroatoms. The fraction of sp³-hybridized carbons (Fsp3) is 0.250. The van der Waals surface area contributed by atoms with Gasteiger partial charge in [0, 0.05) is 12.8 Å². The lowest BCUT2D eigenvalue weighted by Crippen LogP contribution is -2.34. The number of carbonyl (C=O) groups excluding carboxylic acids is 2. The Labute approximate surface area is 166 Å². The maximum atomic E-state index is 12.4. The topological polar surface area (TPSA) is 77.4 Å². The molecule has 0 saturated carbocycles. The number of anilines is 1. The molecule has 7 nitrogen and oxygen atoms in total. The number of hydrazone groups is 1. The summed E-state index contributed by atoms with van der Waals surface area (Å²) in [5, 5.41) is 5.83. The minimum absolute atomic E-state index is 0.00744. The molecule has 0 spiro atoms. The number of fused-ring (bicyclic) bond motifs is 1. The van der Waals surface area contributed by atoms with Crippen molar-refractivity contribution in [1.82, 2.24) is 0 Å². The number of halogens is 1. The molecule has 4 rings (SSSR count). The van der Waals surface area contributed by atoms with Gasteiger partial charge in [0.2, 0.25) is 5.91 Å². The van der Waals surface area contributed by atoms with Crippen LogP contribution in [-0.2, 0) is 20.9 Å². The van der Waals surface area contributed by atoms with Crippen LogP contribution in [0.5, 0.6) is 11.5 Å². The summed E-state index contributed by atoms with van der Waals surface area (Å²) in [6, 6.07) is 12.4. The van der Waals surface area contributed by atoms with Crippen molar-refractivity contribution >= 4 is 34.9 Å². The van der Waals surface area contributed by atoms with E-state index >= 15 is 0 Å². The first kappa shape index (κ1) is 18.3. The van der Waals surface area contributed by atoms with Crippen LogP contribution in [0.3, 0.4) is 0 Å². The minimum atomic E-state index is -0.570. The summed E-state index contributed by atoms with van der Waals surface area (Å²) in [6.45, 7) is 0.887. The summed E-state index contributed by atoms with van der Waals surface area (Å²) >= 11 is 6.20. The number of ether oxygens (including phenoxy) is 3. The van der Waals surface area contributed by atoms with Gasteiger partial charge in [0.05, 0.1) is 10.7 Å². The molecule has 2 aliphatic heterocycles. The van der Waals surface area contributed by atoms with Crippen molar-refractivity contribution in [2.75, 3.05) is 18.2 Å². The van der Waals surface area contributed by atoms with Gasteiger partial charge in [-0.1, -0.05) is 29.8 Å². The fourth-order valence-corrected chi connectivity index (χ4v) is 3.24. The maximum absolute atomic E-state index is 12.4. The predicted molar refractivity (Wildman–Crippen MR) is 103 cm³/mol. The predicted octanol–water partition coefficient (Wildman–Crippen LogP) is 3.34. The van der Waals surface area contributed by atoms with E-state index in [1.165, 1.54) is 5.01 Å². The zero-order valence-corrected chi connectivity index (χ0v) is 15.6. The summed E-state index contributed by atoms with van der Waals surface area (Å²) in [6.07, 6.45) is 0.432. The molecule has 0 bridgehead atoms. The molecule has 2 heterocycles. The summed E-state index contributed by atoms with van der Waals surface area (Å²) in [7, 11) is 0. The first-order chi connectivity index (χ1) is 13.6. The summed E-state index contributed by atoms with van der Waals surface area (Å²) in [5.74, 6) is 0.290.